The smallest absolute Gasteiger partial charge is 0.280 e. The molecule has 3 heteroatoms. The fourth-order valence-corrected chi connectivity index (χ4v) is 3.35. The van der Waals surface area contributed by atoms with E-state index < -0.39 is 0 Å². The van der Waals surface area contributed by atoms with Crippen molar-refractivity contribution >= 4 is 18.2 Å². The van der Waals surface area contributed by atoms with E-state index >= 15 is 0 Å². The number of benzene rings is 3. The molecular formula is C30H32O3. The molecule has 0 heterocycles. The van der Waals surface area contributed by atoms with Gasteiger partial charge in [-0.1, -0.05) is 105 Å². The van der Waals surface area contributed by atoms with Crippen molar-refractivity contribution in [3.8, 4) is 0 Å². The maximum absolute atomic E-state index is 8.34. The van der Waals surface area contributed by atoms with Gasteiger partial charge in [-0.15, -0.1) is 0 Å². The zero-order valence-corrected chi connectivity index (χ0v) is 19.4. The van der Waals surface area contributed by atoms with Crippen LogP contribution in [0.5, 0.6) is 0 Å². The van der Waals surface area contributed by atoms with Gasteiger partial charge in [-0.3, -0.25) is 0 Å². The molecule has 1 aliphatic carbocycles. The minimum atomic E-state index is 0.455. The second-order valence-corrected chi connectivity index (χ2v) is 8.19. The van der Waals surface area contributed by atoms with E-state index in [4.69, 9.17) is 14.6 Å². The Bertz CT molecular complexity index is 1060. The zero-order valence-electron chi connectivity index (χ0n) is 19.4. The standard InChI is InChI=1S/C22H24O2.C8H8O/c1-17(2)15-23-22(14-18-8-4-3-5-9-18)24-16-20-12-6-10-19-11-7-13-21(19)20;9-7-6-8-4-2-1-3-5-8/h3-10,12-14,17H,11,15-16H2,1-2H3;1-7,9H. The predicted octanol–water partition coefficient (Wildman–Crippen LogP) is 7.66. The van der Waals surface area contributed by atoms with Crippen LogP contribution < -0.4 is 0 Å². The third kappa shape index (κ3) is 8.04. The van der Waals surface area contributed by atoms with Crippen molar-refractivity contribution < 1.29 is 14.6 Å². The van der Waals surface area contributed by atoms with Crippen molar-refractivity contribution in [2.75, 3.05) is 6.61 Å². The lowest BCUT2D eigenvalue weighted by atomic mass is 10.0. The third-order valence-electron chi connectivity index (χ3n) is 4.99. The number of hydrogen-bond donors (Lipinski definition) is 1. The summed E-state index contributed by atoms with van der Waals surface area (Å²) in [5, 5.41) is 8.34. The minimum absolute atomic E-state index is 0.455. The van der Waals surface area contributed by atoms with Crippen LogP contribution in [0.25, 0.3) is 18.2 Å². The average molecular weight is 441 g/mol. The lowest BCUT2D eigenvalue weighted by Gasteiger charge is -2.15. The number of fused-ring (bicyclic) bond motifs is 1. The van der Waals surface area contributed by atoms with Gasteiger partial charge in [0.15, 0.2) is 0 Å². The van der Waals surface area contributed by atoms with E-state index in [9.17, 15) is 0 Å². The molecule has 1 N–H and O–H groups in total. The molecule has 3 nitrogen and oxygen atoms in total. The minimum Gasteiger partial charge on any atom is -0.516 e. The molecule has 0 amide bonds. The molecule has 0 saturated heterocycles. The largest absolute Gasteiger partial charge is 0.516 e. The van der Waals surface area contributed by atoms with Crippen LogP contribution in [0.15, 0.2) is 97.1 Å². The van der Waals surface area contributed by atoms with Gasteiger partial charge in [-0.05, 0) is 46.2 Å². The van der Waals surface area contributed by atoms with E-state index in [2.05, 4.69) is 44.2 Å². The normalized spacial score (nSPS) is 12.4. The summed E-state index contributed by atoms with van der Waals surface area (Å²) in [4.78, 5) is 0. The highest BCUT2D eigenvalue weighted by Gasteiger charge is 2.11. The van der Waals surface area contributed by atoms with Crippen LogP contribution in [0.3, 0.4) is 0 Å². The number of ether oxygens (including phenoxy) is 2. The van der Waals surface area contributed by atoms with Crippen molar-refractivity contribution in [3.63, 3.8) is 0 Å². The quantitative estimate of drug-likeness (QED) is 0.365. The van der Waals surface area contributed by atoms with Gasteiger partial charge in [-0.2, -0.15) is 0 Å². The molecule has 0 aromatic heterocycles. The summed E-state index contributed by atoms with van der Waals surface area (Å²) in [7, 11) is 0. The molecule has 0 aliphatic heterocycles. The summed E-state index contributed by atoms with van der Waals surface area (Å²) in [6.07, 6.45) is 10.0. The number of aliphatic hydroxyl groups excluding tert-OH is 1. The lowest BCUT2D eigenvalue weighted by Crippen LogP contribution is -2.05. The molecule has 0 unspecified atom stereocenters. The van der Waals surface area contributed by atoms with Crippen molar-refractivity contribution in [2.24, 2.45) is 5.92 Å². The van der Waals surface area contributed by atoms with Crippen LogP contribution in [0.2, 0.25) is 0 Å². The summed E-state index contributed by atoms with van der Waals surface area (Å²) in [5.74, 6) is 1.03. The molecule has 4 rings (SSSR count). The van der Waals surface area contributed by atoms with Crippen molar-refractivity contribution in [1.82, 2.24) is 0 Å². The second-order valence-electron chi connectivity index (χ2n) is 8.19. The molecule has 0 saturated carbocycles. The van der Waals surface area contributed by atoms with Crippen LogP contribution in [0.4, 0.5) is 0 Å². The van der Waals surface area contributed by atoms with Gasteiger partial charge in [0.1, 0.15) is 6.61 Å². The molecular weight excluding hydrogens is 408 g/mol. The first kappa shape index (κ1) is 23.9. The van der Waals surface area contributed by atoms with Gasteiger partial charge in [0.25, 0.3) is 5.95 Å². The van der Waals surface area contributed by atoms with Gasteiger partial charge in [0.2, 0.25) is 0 Å². The highest BCUT2D eigenvalue weighted by Crippen LogP contribution is 2.24. The topological polar surface area (TPSA) is 38.7 Å². The molecule has 0 spiro atoms. The molecule has 170 valence electrons. The Kier molecular flexibility index (Phi) is 9.41. The van der Waals surface area contributed by atoms with Crippen LogP contribution >= 0.6 is 0 Å². The highest BCUT2D eigenvalue weighted by molar-refractivity contribution is 5.63. The Balaban J connectivity index is 0.000000286. The Morgan fingerprint density at radius 1 is 0.879 bits per heavy atom. The van der Waals surface area contributed by atoms with Crippen molar-refractivity contribution in [1.29, 1.82) is 0 Å². The van der Waals surface area contributed by atoms with E-state index in [-0.39, 0.29) is 0 Å². The lowest BCUT2D eigenvalue weighted by molar-refractivity contribution is 0.0212. The van der Waals surface area contributed by atoms with Crippen LogP contribution in [-0.4, -0.2) is 11.7 Å². The van der Waals surface area contributed by atoms with Gasteiger partial charge in [-0.25, -0.2) is 0 Å². The summed E-state index contributed by atoms with van der Waals surface area (Å²) in [5.41, 5.74) is 5.95. The summed E-state index contributed by atoms with van der Waals surface area (Å²) >= 11 is 0. The first-order valence-electron chi connectivity index (χ1n) is 11.3. The van der Waals surface area contributed by atoms with Gasteiger partial charge in [0.05, 0.1) is 12.9 Å². The highest BCUT2D eigenvalue weighted by atomic mass is 16.7. The molecule has 3 aromatic rings. The predicted molar refractivity (Wildman–Crippen MR) is 137 cm³/mol. The Hall–Kier alpha value is -3.72. The van der Waals surface area contributed by atoms with Gasteiger partial charge in [0, 0.05) is 6.08 Å². The van der Waals surface area contributed by atoms with E-state index in [1.807, 2.05) is 66.7 Å². The Labute approximate surface area is 197 Å². The van der Waals surface area contributed by atoms with Crippen LogP contribution in [0, 0.1) is 5.92 Å². The monoisotopic (exact) mass is 440 g/mol. The SMILES string of the molecule is CC(C)COC(=Cc1ccccc1)OCc1cccc2c1C=CC2.OC=Cc1ccccc1. The fourth-order valence-electron chi connectivity index (χ4n) is 3.35. The third-order valence-corrected chi connectivity index (χ3v) is 4.99. The fraction of sp³-hybridized carbons (Fsp3) is 0.200. The van der Waals surface area contributed by atoms with Crippen LogP contribution in [0.1, 0.15) is 41.7 Å². The van der Waals surface area contributed by atoms with E-state index in [0.717, 1.165) is 23.8 Å². The van der Waals surface area contributed by atoms with Crippen molar-refractivity contribution in [3.05, 3.63) is 125 Å². The molecule has 0 bridgehead atoms. The van der Waals surface area contributed by atoms with Crippen molar-refractivity contribution in [2.45, 2.75) is 26.9 Å². The molecule has 3 aromatic carbocycles. The van der Waals surface area contributed by atoms with Gasteiger partial charge < -0.3 is 14.6 Å². The maximum Gasteiger partial charge on any atom is 0.280 e. The first-order valence-corrected chi connectivity index (χ1v) is 11.3. The van der Waals surface area contributed by atoms with E-state index in [1.54, 1.807) is 6.08 Å². The number of hydrogen-bond acceptors (Lipinski definition) is 3. The molecule has 1 aliphatic rings. The number of rotatable bonds is 8. The van der Waals surface area contributed by atoms with Gasteiger partial charge >= 0.3 is 0 Å². The molecule has 33 heavy (non-hydrogen) atoms. The van der Waals surface area contributed by atoms with E-state index in [1.165, 1.54) is 16.7 Å². The molecule has 0 fully saturated rings. The Morgan fingerprint density at radius 3 is 2.24 bits per heavy atom. The first-order chi connectivity index (χ1) is 16.2. The zero-order chi connectivity index (χ0) is 23.3. The van der Waals surface area contributed by atoms with E-state index in [0.29, 0.717) is 25.1 Å². The summed E-state index contributed by atoms with van der Waals surface area (Å²) in [6.45, 7) is 5.43. The second kappa shape index (κ2) is 13.0. The number of aliphatic hydroxyl groups is 1. The summed E-state index contributed by atoms with van der Waals surface area (Å²) < 4.78 is 11.9. The average Bonchev–Trinajstić information content (AvgIpc) is 3.32. The number of allylic oxidation sites excluding steroid dienone is 1. The molecule has 0 atom stereocenters. The summed E-state index contributed by atoms with van der Waals surface area (Å²) in [6, 6.07) is 26.2. The Morgan fingerprint density at radius 2 is 1.58 bits per heavy atom. The maximum atomic E-state index is 8.34. The molecule has 0 radical (unpaired) electrons. The van der Waals surface area contributed by atoms with Crippen LogP contribution in [-0.2, 0) is 22.5 Å².